The number of rotatable bonds is 5. The van der Waals surface area contributed by atoms with E-state index >= 15 is 0 Å². The zero-order chi connectivity index (χ0) is 18.7. The van der Waals surface area contributed by atoms with Crippen molar-refractivity contribution < 1.29 is 8.42 Å². The van der Waals surface area contributed by atoms with Crippen LogP contribution in [0.2, 0.25) is 0 Å². The highest BCUT2D eigenvalue weighted by molar-refractivity contribution is 7.89. The maximum absolute atomic E-state index is 12.7. The zero-order valence-electron chi connectivity index (χ0n) is 15.1. The zero-order valence-corrected chi connectivity index (χ0v) is 15.9. The molecule has 0 aliphatic heterocycles. The van der Waals surface area contributed by atoms with E-state index in [4.69, 9.17) is 0 Å². The van der Waals surface area contributed by atoms with Crippen LogP contribution in [0.3, 0.4) is 0 Å². The molecular weight excluding hydrogens is 344 g/mol. The molecule has 4 nitrogen and oxygen atoms in total. The minimum Gasteiger partial charge on any atom is -0.264 e. The molecule has 5 heteroatoms. The van der Waals surface area contributed by atoms with Crippen LogP contribution in [0.4, 0.5) is 0 Å². The highest BCUT2D eigenvalue weighted by Crippen LogP contribution is 2.26. The van der Waals surface area contributed by atoms with Gasteiger partial charge in [-0.1, -0.05) is 30.3 Å². The summed E-state index contributed by atoms with van der Waals surface area (Å²) in [6, 6.07) is 16.5. The number of sulfonamides is 1. The predicted molar refractivity (Wildman–Crippen MR) is 104 cm³/mol. The van der Waals surface area contributed by atoms with Gasteiger partial charge in [-0.2, -0.15) is 0 Å². The van der Waals surface area contributed by atoms with E-state index in [1.807, 2.05) is 63.4 Å². The van der Waals surface area contributed by atoms with Crippen LogP contribution in [0.25, 0.3) is 11.1 Å². The normalized spacial score (nSPS) is 12.7. The Bertz CT molecular complexity index is 1030. The van der Waals surface area contributed by atoms with E-state index in [0.717, 1.165) is 27.8 Å². The van der Waals surface area contributed by atoms with Gasteiger partial charge in [-0.25, -0.2) is 13.1 Å². The summed E-state index contributed by atoms with van der Waals surface area (Å²) in [7, 11) is -3.58. The van der Waals surface area contributed by atoms with Crippen LogP contribution in [-0.2, 0) is 10.0 Å². The smallest absolute Gasteiger partial charge is 0.241 e. The lowest BCUT2D eigenvalue weighted by Crippen LogP contribution is -2.27. The van der Waals surface area contributed by atoms with Crippen LogP contribution in [0, 0.1) is 13.8 Å². The van der Waals surface area contributed by atoms with Crippen molar-refractivity contribution in [3.63, 3.8) is 0 Å². The third-order valence-electron chi connectivity index (χ3n) is 4.35. The summed E-state index contributed by atoms with van der Waals surface area (Å²) in [5, 5.41) is 0. The van der Waals surface area contributed by atoms with Crippen molar-refractivity contribution in [1.29, 1.82) is 0 Å². The molecule has 0 fully saturated rings. The quantitative estimate of drug-likeness (QED) is 0.728. The van der Waals surface area contributed by atoms with Crippen LogP contribution in [0.1, 0.15) is 29.7 Å². The summed E-state index contributed by atoms with van der Waals surface area (Å²) < 4.78 is 28.1. The third-order valence-corrected chi connectivity index (χ3v) is 5.89. The van der Waals surface area contributed by atoms with Gasteiger partial charge in [-0.05, 0) is 72.9 Å². The van der Waals surface area contributed by atoms with Gasteiger partial charge >= 0.3 is 0 Å². The van der Waals surface area contributed by atoms with E-state index in [0.29, 0.717) is 0 Å². The minimum atomic E-state index is -3.58. The first-order valence-electron chi connectivity index (χ1n) is 8.47. The molecule has 3 rings (SSSR count). The Morgan fingerprint density at radius 2 is 1.77 bits per heavy atom. The van der Waals surface area contributed by atoms with Gasteiger partial charge in [0.1, 0.15) is 0 Å². The third kappa shape index (κ3) is 4.00. The van der Waals surface area contributed by atoms with Crippen LogP contribution in [0.5, 0.6) is 0 Å². The van der Waals surface area contributed by atoms with Crippen LogP contribution in [-0.4, -0.2) is 13.4 Å². The fourth-order valence-corrected chi connectivity index (χ4v) is 4.26. The van der Waals surface area contributed by atoms with Gasteiger partial charge in [0.05, 0.1) is 4.90 Å². The predicted octanol–water partition coefficient (Wildman–Crippen LogP) is 4.40. The standard InChI is InChI=1S/C21H22N2O2S/c1-15-6-4-9-20(12-15)26(24,25)23-17(3)18-7-5-8-19(13-18)21-10-11-22-14-16(21)2/h4-14,17,23H,1-3H3/t17-/m1/s1. The summed E-state index contributed by atoms with van der Waals surface area (Å²) in [5.74, 6) is 0. The second kappa shape index (κ2) is 7.40. The van der Waals surface area contributed by atoms with Crippen LogP contribution >= 0.6 is 0 Å². The molecule has 0 unspecified atom stereocenters. The molecular formula is C21H22N2O2S. The fraction of sp³-hybridized carbons (Fsp3) is 0.190. The molecule has 0 bridgehead atoms. The lowest BCUT2D eigenvalue weighted by molar-refractivity contribution is 0.567. The maximum atomic E-state index is 12.7. The Morgan fingerprint density at radius 3 is 2.50 bits per heavy atom. The monoisotopic (exact) mass is 366 g/mol. The molecule has 134 valence electrons. The summed E-state index contributed by atoms with van der Waals surface area (Å²) in [5.41, 5.74) is 5.04. The molecule has 1 atom stereocenters. The first-order chi connectivity index (χ1) is 12.4. The number of pyridine rings is 1. The second-order valence-electron chi connectivity index (χ2n) is 6.48. The van der Waals surface area contributed by atoms with Crippen molar-refractivity contribution >= 4 is 10.0 Å². The highest BCUT2D eigenvalue weighted by atomic mass is 32.2. The topological polar surface area (TPSA) is 59.1 Å². The first-order valence-corrected chi connectivity index (χ1v) is 9.95. The van der Waals surface area contributed by atoms with Crippen molar-refractivity contribution in [3.8, 4) is 11.1 Å². The summed E-state index contributed by atoms with van der Waals surface area (Å²) in [6.45, 7) is 5.74. The Balaban J connectivity index is 1.88. The SMILES string of the molecule is Cc1cccc(S(=O)(=O)N[C@H](C)c2cccc(-c3ccncc3C)c2)c1. The lowest BCUT2D eigenvalue weighted by atomic mass is 9.99. The average Bonchev–Trinajstić information content (AvgIpc) is 2.62. The van der Waals surface area contributed by atoms with Gasteiger partial charge in [-0.3, -0.25) is 4.98 Å². The number of aromatic nitrogens is 1. The molecule has 2 aromatic carbocycles. The van der Waals surface area contributed by atoms with E-state index in [1.165, 1.54) is 0 Å². The number of nitrogens with one attached hydrogen (secondary N) is 1. The Labute approximate surface area is 155 Å². The summed E-state index contributed by atoms with van der Waals surface area (Å²) in [4.78, 5) is 4.41. The van der Waals surface area contributed by atoms with Gasteiger partial charge < -0.3 is 0 Å². The Kier molecular flexibility index (Phi) is 5.20. The molecule has 1 N–H and O–H groups in total. The number of aryl methyl sites for hydroxylation is 2. The van der Waals surface area contributed by atoms with Crippen molar-refractivity contribution in [2.24, 2.45) is 0 Å². The van der Waals surface area contributed by atoms with Crippen molar-refractivity contribution in [3.05, 3.63) is 83.7 Å². The number of benzene rings is 2. The fourth-order valence-electron chi connectivity index (χ4n) is 2.92. The highest BCUT2D eigenvalue weighted by Gasteiger charge is 2.18. The largest absolute Gasteiger partial charge is 0.264 e. The van der Waals surface area contributed by atoms with E-state index in [9.17, 15) is 8.42 Å². The molecule has 0 aliphatic carbocycles. The molecule has 0 amide bonds. The van der Waals surface area contributed by atoms with Gasteiger partial charge in [0.15, 0.2) is 0 Å². The average molecular weight is 366 g/mol. The van der Waals surface area contributed by atoms with Gasteiger partial charge in [0, 0.05) is 18.4 Å². The maximum Gasteiger partial charge on any atom is 0.241 e. The molecule has 0 saturated carbocycles. The molecule has 0 radical (unpaired) electrons. The molecule has 1 heterocycles. The van der Waals surface area contributed by atoms with Crippen LogP contribution in [0.15, 0.2) is 71.9 Å². The Morgan fingerprint density at radius 1 is 1.00 bits per heavy atom. The number of nitrogens with zero attached hydrogens (tertiary/aromatic N) is 1. The van der Waals surface area contributed by atoms with Crippen LogP contribution < -0.4 is 4.72 Å². The van der Waals surface area contributed by atoms with Crippen molar-refractivity contribution in [2.45, 2.75) is 31.7 Å². The summed E-state index contributed by atoms with van der Waals surface area (Å²) >= 11 is 0. The Hall–Kier alpha value is -2.50. The van der Waals surface area contributed by atoms with Crippen molar-refractivity contribution in [2.75, 3.05) is 0 Å². The molecule has 1 aromatic heterocycles. The van der Waals surface area contributed by atoms with Gasteiger partial charge in [0.25, 0.3) is 0 Å². The molecule has 3 aromatic rings. The molecule has 0 aliphatic rings. The van der Waals surface area contributed by atoms with Gasteiger partial charge in [0.2, 0.25) is 10.0 Å². The molecule has 26 heavy (non-hydrogen) atoms. The summed E-state index contributed by atoms with van der Waals surface area (Å²) in [6.07, 6.45) is 3.59. The molecule has 0 saturated heterocycles. The first kappa shape index (κ1) is 18.3. The number of hydrogen-bond donors (Lipinski definition) is 1. The van der Waals surface area contributed by atoms with E-state index in [1.54, 1.807) is 24.4 Å². The van der Waals surface area contributed by atoms with Gasteiger partial charge in [-0.15, -0.1) is 0 Å². The van der Waals surface area contributed by atoms with E-state index in [-0.39, 0.29) is 10.9 Å². The second-order valence-corrected chi connectivity index (χ2v) is 8.19. The molecule has 0 spiro atoms. The van der Waals surface area contributed by atoms with E-state index < -0.39 is 10.0 Å². The number of hydrogen-bond acceptors (Lipinski definition) is 3. The van der Waals surface area contributed by atoms with Crippen molar-refractivity contribution in [1.82, 2.24) is 9.71 Å². The van der Waals surface area contributed by atoms with E-state index in [2.05, 4.69) is 9.71 Å². The minimum absolute atomic E-state index is 0.283. The lowest BCUT2D eigenvalue weighted by Gasteiger charge is -2.16.